The highest BCUT2D eigenvalue weighted by Crippen LogP contribution is 2.49. The molecule has 0 spiro atoms. The van der Waals surface area contributed by atoms with Crippen molar-refractivity contribution >= 4 is 17.6 Å². The molecular formula is C21H22N4O3. The number of amides is 2. The summed E-state index contributed by atoms with van der Waals surface area (Å²) in [6.45, 7) is 1.90. The molecule has 1 fully saturated rings. The number of nitrogens with two attached hydrogens (primary N) is 1. The van der Waals surface area contributed by atoms with Gasteiger partial charge in [-0.2, -0.15) is 5.10 Å². The van der Waals surface area contributed by atoms with Crippen LogP contribution in [0.15, 0.2) is 59.7 Å². The van der Waals surface area contributed by atoms with E-state index in [9.17, 15) is 9.59 Å². The SMILES string of the molecule is CN1C(=O)[C@H](/C(N)=N/NC(=O)c2ccccc2)[C@H]2C[C@@]1(C)Oc1ccccc12. The third-order valence-corrected chi connectivity index (χ3v) is 5.60. The third kappa shape index (κ3) is 2.89. The first-order valence-electron chi connectivity index (χ1n) is 9.15. The fourth-order valence-corrected chi connectivity index (χ4v) is 3.96. The zero-order chi connectivity index (χ0) is 19.9. The number of carbonyl (C=O) groups is 2. The Morgan fingerprint density at radius 1 is 1.21 bits per heavy atom. The average molecular weight is 378 g/mol. The van der Waals surface area contributed by atoms with E-state index in [1.54, 1.807) is 36.2 Å². The van der Waals surface area contributed by atoms with Crippen molar-refractivity contribution in [3.05, 3.63) is 65.7 Å². The molecule has 2 aromatic rings. The number of rotatable bonds is 3. The summed E-state index contributed by atoms with van der Waals surface area (Å²) in [5.74, 6) is -0.562. The van der Waals surface area contributed by atoms with Crippen LogP contribution in [-0.4, -0.2) is 35.3 Å². The number of para-hydroxylation sites is 1. The topological polar surface area (TPSA) is 97.0 Å². The first-order chi connectivity index (χ1) is 13.4. The maximum absolute atomic E-state index is 13.1. The largest absolute Gasteiger partial charge is 0.468 e. The Balaban J connectivity index is 1.65. The second kappa shape index (κ2) is 6.67. The number of benzene rings is 2. The predicted octanol–water partition coefficient (Wildman–Crippen LogP) is 2.06. The van der Waals surface area contributed by atoms with Gasteiger partial charge in [0, 0.05) is 24.9 Å². The van der Waals surface area contributed by atoms with Gasteiger partial charge in [0.05, 0.1) is 0 Å². The van der Waals surface area contributed by atoms with Crippen LogP contribution in [0.3, 0.4) is 0 Å². The molecule has 2 heterocycles. The number of carbonyl (C=O) groups excluding carboxylic acids is 2. The van der Waals surface area contributed by atoms with Gasteiger partial charge in [-0.15, -0.1) is 0 Å². The van der Waals surface area contributed by atoms with Crippen molar-refractivity contribution in [1.82, 2.24) is 10.3 Å². The highest BCUT2D eigenvalue weighted by atomic mass is 16.5. The second-order valence-corrected chi connectivity index (χ2v) is 7.34. The molecule has 2 aliphatic rings. The van der Waals surface area contributed by atoms with Gasteiger partial charge in [0.2, 0.25) is 5.91 Å². The zero-order valence-electron chi connectivity index (χ0n) is 15.8. The Kier molecular flexibility index (Phi) is 4.30. The molecule has 0 aromatic heterocycles. The number of nitrogens with one attached hydrogen (secondary N) is 1. The molecule has 2 aromatic carbocycles. The summed E-state index contributed by atoms with van der Waals surface area (Å²) in [6, 6.07) is 16.4. The number of ether oxygens (including phenoxy) is 1. The van der Waals surface area contributed by atoms with E-state index in [0.29, 0.717) is 12.0 Å². The van der Waals surface area contributed by atoms with Crippen molar-refractivity contribution in [3.8, 4) is 5.75 Å². The molecule has 1 saturated heterocycles. The molecular weight excluding hydrogens is 356 g/mol. The summed E-state index contributed by atoms with van der Waals surface area (Å²) < 4.78 is 6.11. The second-order valence-electron chi connectivity index (χ2n) is 7.34. The molecule has 2 bridgehead atoms. The van der Waals surface area contributed by atoms with Gasteiger partial charge in [-0.25, -0.2) is 5.43 Å². The van der Waals surface area contributed by atoms with Gasteiger partial charge in [0.1, 0.15) is 17.5 Å². The molecule has 7 heteroatoms. The van der Waals surface area contributed by atoms with Crippen molar-refractivity contribution in [1.29, 1.82) is 0 Å². The van der Waals surface area contributed by atoms with E-state index >= 15 is 0 Å². The Morgan fingerprint density at radius 3 is 2.64 bits per heavy atom. The van der Waals surface area contributed by atoms with Gasteiger partial charge >= 0.3 is 0 Å². The number of likely N-dealkylation sites (tertiary alicyclic amines) is 1. The number of nitrogens with zero attached hydrogens (tertiary/aromatic N) is 2. The Labute approximate surface area is 163 Å². The van der Waals surface area contributed by atoms with Crippen LogP contribution in [0, 0.1) is 5.92 Å². The highest BCUT2D eigenvalue weighted by molar-refractivity contribution is 6.05. The molecule has 7 nitrogen and oxygen atoms in total. The monoisotopic (exact) mass is 378 g/mol. The normalized spacial score (nSPS) is 26.3. The van der Waals surface area contributed by atoms with Crippen molar-refractivity contribution in [2.24, 2.45) is 16.8 Å². The number of fused-ring (bicyclic) bond motifs is 4. The molecule has 0 aliphatic carbocycles. The van der Waals surface area contributed by atoms with E-state index in [4.69, 9.17) is 10.5 Å². The molecule has 0 saturated carbocycles. The van der Waals surface area contributed by atoms with Crippen molar-refractivity contribution in [2.45, 2.75) is 25.0 Å². The maximum atomic E-state index is 13.1. The molecule has 3 N–H and O–H groups in total. The van der Waals surface area contributed by atoms with Crippen LogP contribution in [0.25, 0.3) is 0 Å². The molecule has 0 unspecified atom stereocenters. The maximum Gasteiger partial charge on any atom is 0.271 e. The van der Waals surface area contributed by atoms with Crippen LogP contribution in [0.1, 0.15) is 35.2 Å². The van der Waals surface area contributed by atoms with E-state index in [1.165, 1.54) is 0 Å². The summed E-state index contributed by atoms with van der Waals surface area (Å²) in [5, 5.41) is 4.06. The summed E-state index contributed by atoms with van der Waals surface area (Å²) in [7, 11) is 1.70. The average Bonchev–Trinajstić information content (AvgIpc) is 2.71. The van der Waals surface area contributed by atoms with Crippen molar-refractivity contribution in [2.75, 3.05) is 7.05 Å². The van der Waals surface area contributed by atoms with Crippen molar-refractivity contribution in [3.63, 3.8) is 0 Å². The summed E-state index contributed by atoms with van der Waals surface area (Å²) in [4.78, 5) is 26.9. The lowest BCUT2D eigenvalue weighted by Gasteiger charge is -2.51. The molecule has 0 radical (unpaired) electrons. The minimum Gasteiger partial charge on any atom is -0.468 e. The highest BCUT2D eigenvalue weighted by Gasteiger charge is 2.53. The first kappa shape index (κ1) is 18.0. The zero-order valence-corrected chi connectivity index (χ0v) is 15.8. The fraction of sp³-hybridized carbons (Fsp3) is 0.286. The van der Waals surface area contributed by atoms with Crippen LogP contribution < -0.4 is 15.9 Å². The lowest BCUT2D eigenvalue weighted by molar-refractivity contribution is -0.164. The van der Waals surface area contributed by atoms with Gasteiger partial charge in [-0.1, -0.05) is 36.4 Å². The standard InChI is InChI=1S/C21H22N4O3/c1-21-12-15(14-10-6-7-11-16(14)28-21)17(20(27)25(21)2)18(22)23-24-19(26)13-8-4-3-5-9-13/h3-11,15,17H,12H2,1-2H3,(H2,22,23)(H,24,26)/t15-,17-,21+/m0/s1. The van der Waals surface area contributed by atoms with Gasteiger partial charge in [-0.05, 0) is 30.7 Å². The van der Waals surface area contributed by atoms with Gasteiger partial charge in [0.25, 0.3) is 5.91 Å². The van der Waals surface area contributed by atoms with E-state index in [1.807, 2.05) is 37.3 Å². The molecule has 28 heavy (non-hydrogen) atoms. The fourth-order valence-electron chi connectivity index (χ4n) is 3.96. The van der Waals surface area contributed by atoms with Crippen molar-refractivity contribution < 1.29 is 14.3 Å². The van der Waals surface area contributed by atoms with E-state index in [2.05, 4.69) is 10.5 Å². The Bertz CT molecular complexity index is 959. The minimum atomic E-state index is -0.736. The van der Waals surface area contributed by atoms with E-state index < -0.39 is 11.6 Å². The number of hydrazone groups is 1. The number of piperidine rings is 1. The smallest absolute Gasteiger partial charge is 0.271 e. The lowest BCUT2D eigenvalue weighted by atomic mass is 9.73. The van der Waals surface area contributed by atoms with Gasteiger partial charge < -0.3 is 15.4 Å². The Hall–Kier alpha value is -3.35. The lowest BCUT2D eigenvalue weighted by Crippen LogP contribution is -2.63. The molecule has 2 aliphatic heterocycles. The summed E-state index contributed by atoms with van der Waals surface area (Å²) >= 11 is 0. The quantitative estimate of drug-likeness (QED) is 0.485. The van der Waals surface area contributed by atoms with Crippen LogP contribution in [0.4, 0.5) is 0 Å². The molecule has 144 valence electrons. The van der Waals surface area contributed by atoms with Gasteiger partial charge in [0.15, 0.2) is 5.72 Å². The number of amidine groups is 1. The number of hydrogen-bond acceptors (Lipinski definition) is 4. The van der Waals surface area contributed by atoms with Crippen LogP contribution in [0.5, 0.6) is 5.75 Å². The predicted molar refractivity (Wildman–Crippen MR) is 105 cm³/mol. The number of hydrogen-bond donors (Lipinski definition) is 2. The molecule has 2 amide bonds. The minimum absolute atomic E-state index is 0.0879. The van der Waals surface area contributed by atoms with E-state index in [-0.39, 0.29) is 23.6 Å². The van der Waals surface area contributed by atoms with Crippen LogP contribution in [0.2, 0.25) is 0 Å². The van der Waals surface area contributed by atoms with Crippen LogP contribution >= 0.6 is 0 Å². The molecule has 3 atom stereocenters. The Morgan fingerprint density at radius 2 is 1.89 bits per heavy atom. The van der Waals surface area contributed by atoms with E-state index in [0.717, 1.165) is 11.3 Å². The van der Waals surface area contributed by atoms with Crippen LogP contribution in [-0.2, 0) is 4.79 Å². The summed E-state index contributed by atoms with van der Waals surface area (Å²) in [5.41, 5.74) is 9.33. The summed E-state index contributed by atoms with van der Waals surface area (Å²) in [6.07, 6.45) is 0.597. The molecule has 4 rings (SSSR count). The third-order valence-electron chi connectivity index (χ3n) is 5.60. The van der Waals surface area contributed by atoms with Gasteiger partial charge in [-0.3, -0.25) is 9.59 Å². The first-order valence-corrected chi connectivity index (χ1v) is 9.15.